The van der Waals surface area contributed by atoms with E-state index in [1.54, 1.807) is 0 Å². The third-order valence-electron chi connectivity index (χ3n) is 6.74. The lowest BCUT2D eigenvalue weighted by Crippen LogP contribution is -2.82. The van der Waals surface area contributed by atoms with Gasteiger partial charge in [-0.1, -0.05) is 33.1 Å². The molecule has 1 aliphatic carbocycles. The standard InChI is InChI=1S/C20H30N10/c1-3-5-7-13-18-16(11-23)14(9-21)15(10-22)17(12-24)19(18)25-30-20(13)29(8-6-4-2)27-26-28-30/h13-20,25-28H,3-8H2,1-2H3. The molecule has 2 aliphatic heterocycles. The van der Waals surface area contributed by atoms with Gasteiger partial charge in [0, 0.05) is 12.6 Å². The monoisotopic (exact) mass is 410 g/mol. The summed E-state index contributed by atoms with van der Waals surface area (Å²) >= 11 is 0. The molecule has 10 heteroatoms. The van der Waals surface area contributed by atoms with E-state index in [1.807, 2.05) is 5.12 Å². The van der Waals surface area contributed by atoms with Gasteiger partial charge in [-0.05, 0) is 24.7 Å². The fraction of sp³-hybridized carbons (Fsp3) is 0.800. The first-order chi connectivity index (χ1) is 14.7. The first-order valence-electron chi connectivity index (χ1n) is 10.8. The van der Waals surface area contributed by atoms with E-state index in [9.17, 15) is 21.0 Å². The summed E-state index contributed by atoms with van der Waals surface area (Å²) in [6.07, 6.45) is 4.84. The van der Waals surface area contributed by atoms with E-state index in [0.29, 0.717) is 0 Å². The molecule has 0 aromatic heterocycles. The van der Waals surface area contributed by atoms with E-state index in [4.69, 9.17) is 0 Å². The highest BCUT2D eigenvalue weighted by Crippen LogP contribution is 2.49. The molecular formula is C20H30N10. The number of hydrogen-bond acceptors (Lipinski definition) is 10. The molecule has 30 heavy (non-hydrogen) atoms. The van der Waals surface area contributed by atoms with Crippen LogP contribution in [0.25, 0.3) is 0 Å². The first kappa shape index (κ1) is 22.4. The fourth-order valence-electron chi connectivity index (χ4n) is 5.34. The maximum absolute atomic E-state index is 10.1. The van der Waals surface area contributed by atoms with Crippen LogP contribution in [0.5, 0.6) is 0 Å². The Bertz CT molecular complexity index is 758. The number of hydrogen-bond donors (Lipinski definition) is 4. The van der Waals surface area contributed by atoms with Gasteiger partial charge in [0.1, 0.15) is 6.17 Å². The molecule has 4 N–H and O–H groups in total. The van der Waals surface area contributed by atoms with Crippen LogP contribution in [0.4, 0.5) is 0 Å². The van der Waals surface area contributed by atoms with Crippen molar-refractivity contribution >= 4 is 0 Å². The minimum Gasteiger partial charge on any atom is -0.234 e. The lowest BCUT2D eigenvalue weighted by Gasteiger charge is -2.59. The second kappa shape index (κ2) is 10.2. The number of fused-ring (bicyclic) bond motifs is 2. The summed E-state index contributed by atoms with van der Waals surface area (Å²) in [7, 11) is 0. The molecule has 8 unspecified atom stereocenters. The summed E-state index contributed by atoms with van der Waals surface area (Å²) in [6.45, 7) is 5.09. The molecule has 8 atom stereocenters. The third-order valence-corrected chi connectivity index (χ3v) is 6.74. The number of nitrogens with zero attached hydrogens (tertiary/aromatic N) is 6. The molecular weight excluding hydrogens is 380 g/mol. The van der Waals surface area contributed by atoms with Crippen molar-refractivity contribution in [1.82, 2.24) is 32.2 Å². The van der Waals surface area contributed by atoms with Crippen molar-refractivity contribution in [3.05, 3.63) is 0 Å². The molecule has 0 aromatic rings. The van der Waals surface area contributed by atoms with Gasteiger partial charge >= 0.3 is 0 Å². The van der Waals surface area contributed by atoms with Gasteiger partial charge in [-0.3, -0.25) is 0 Å². The van der Waals surface area contributed by atoms with E-state index in [0.717, 1.165) is 38.6 Å². The van der Waals surface area contributed by atoms with Crippen LogP contribution in [0.15, 0.2) is 0 Å². The quantitative estimate of drug-likeness (QED) is 0.500. The van der Waals surface area contributed by atoms with Gasteiger partial charge in [0.2, 0.25) is 0 Å². The molecule has 1 saturated carbocycles. The topological polar surface area (TPSA) is 150 Å². The molecule has 0 spiro atoms. The SMILES string of the molecule is CCCCC1C2C(C#N)C(C#N)C(C#N)C(C#N)C2NN2NNNN(CCCC)C12. The summed E-state index contributed by atoms with van der Waals surface area (Å²) in [4.78, 5) is 0. The largest absolute Gasteiger partial charge is 0.234 e. The van der Waals surface area contributed by atoms with Crippen molar-refractivity contribution in [2.75, 3.05) is 6.54 Å². The molecule has 0 radical (unpaired) electrons. The van der Waals surface area contributed by atoms with Crippen molar-refractivity contribution in [3.63, 3.8) is 0 Å². The predicted octanol–water partition coefficient (Wildman–Crippen LogP) is 1.04. The average Bonchev–Trinajstić information content (AvgIpc) is 2.78. The van der Waals surface area contributed by atoms with E-state index < -0.39 is 23.7 Å². The Balaban J connectivity index is 2.04. The number of hydrazine groups is 5. The zero-order valence-corrected chi connectivity index (χ0v) is 17.5. The Hall–Kier alpha value is -2.28. The van der Waals surface area contributed by atoms with E-state index >= 15 is 0 Å². The number of nitriles is 4. The number of unbranched alkanes of at least 4 members (excludes halogenated alkanes) is 2. The van der Waals surface area contributed by atoms with E-state index in [2.05, 4.69) is 65.2 Å². The Morgan fingerprint density at radius 3 is 2.03 bits per heavy atom. The summed E-state index contributed by atoms with van der Waals surface area (Å²) in [5.41, 5.74) is 12.6. The van der Waals surface area contributed by atoms with Crippen LogP contribution in [0.1, 0.15) is 46.0 Å². The zero-order chi connectivity index (χ0) is 21.7. The highest BCUT2D eigenvalue weighted by Gasteiger charge is 2.59. The van der Waals surface area contributed by atoms with Crippen molar-refractivity contribution in [2.24, 2.45) is 35.5 Å². The Kier molecular flexibility index (Phi) is 7.58. The normalized spacial score (nSPS) is 38.9. The number of nitrogens with one attached hydrogen (secondary N) is 4. The average molecular weight is 411 g/mol. The maximum atomic E-state index is 10.1. The fourth-order valence-corrected chi connectivity index (χ4v) is 5.34. The van der Waals surface area contributed by atoms with Crippen molar-refractivity contribution in [3.8, 4) is 24.3 Å². The Morgan fingerprint density at radius 1 is 0.800 bits per heavy atom. The second-order valence-electron chi connectivity index (χ2n) is 8.34. The van der Waals surface area contributed by atoms with E-state index in [1.165, 1.54) is 0 Å². The van der Waals surface area contributed by atoms with Crippen LogP contribution >= 0.6 is 0 Å². The Morgan fingerprint density at radius 2 is 1.43 bits per heavy atom. The minimum atomic E-state index is -0.797. The summed E-state index contributed by atoms with van der Waals surface area (Å²) in [5.74, 6) is -2.99. The molecule has 3 aliphatic rings. The highest BCUT2D eigenvalue weighted by atomic mass is 16.0. The van der Waals surface area contributed by atoms with Crippen LogP contribution in [0.3, 0.4) is 0 Å². The van der Waals surface area contributed by atoms with Gasteiger partial charge in [0.25, 0.3) is 0 Å². The summed E-state index contributed by atoms with van der Waals surface area (Å²) in [6, 6.07) is 8.62. The van der Waals surface area contributed by atoms with Crippen molar-refractivity contribution < 1.29 is 0 Å². The molecule has 160 valence electrons. The number of rotatable bonds is 6. The third kappa shape index (κ3) is 3.87. The van der Waals surface area contributed by atoms with Gasteiger partial charge < -0.3 is 0 Å². The van der Waals surface area contributed by atoms with Gasteiger partial charge in [0.05, 0.1) is 47.9 Å². The van der Waals surface area contributed by atoms with Crippen LogP contribution in [0, 0.1) is 80.8 Å². The van der Waals surface area contributed by atoms with Gasteiger partial charge in [-0.25, -0.2) is 10.4 Å². The maximum Gasteiger partial charge on any atom is 0.110 e. The molecule has 0 bridgehead atoms. The van der Waals surface area contributed by atoms with Crippen LogP contribution in [-0.2, 0) is 0 Å². The molecule has 10 nitrogen and oxygen atoms in total. The first-order valence-corrected chi connectivity index (χ1v) is 10.8. The van der Waals surface area contributed by atoms with Crippen molar-refractivity contribution in [1.29, 1.82) is 21.0 Å². The zero-order valence-electron chi connectivity index (χ0n) is 17.5. The molecule has 3 rings (SSSR count). The van der Waals surface area contributed by atoms with Gasteiger partial charge in [-0.15, -0.1) is 5.12 Å². The molecule has 0 aromatic carbocycles. The molecule has 3 fully saturated rings. The van der Waals surface area contributed by atoms with Crippen LogP contribution in [-0.4, -0.2) is 28.9 Å². The van der Waals surface area contributed by atoms with E-state index in [-0.39, 0.29) is 24.0 Å². The minimum absolute atomic E-state index is 0.0474. The molecule has 0 amide bonds. The highest BCUT2D eigenvalue weighted by molar-refractivity contribution is 5.22. The molecule has 2 heterocycles. The Labute approximate surface area is 178 Å². The van der Waals surface area contributed by atoms with Crippen LogP contribution < -0.4 is 22.0 Å². The van der Waals surface area contributed by atoms with Crippen molar-refractivity contribution in [2.45, 2.75) is 58.2 Å². The lowest BCUT2D eigenvalue weighted by atomic mass is 9.56. The van der Waals surface area contributed by atoms with Gasteiger partial charge in [0.15, 0.2) is 0 Å². The molecule has 2 saturated heterocycles. The summed E-state index contributed by atoms with van der Waals surface area (Å²) in [5, 5.41) is 43.5. The second-order valence-corrected chi connectivity index (χ2v) is 8.34. The lowest BCUT2D eigenvalue weighted by molar-refractivity contribution is -0.222. The smallest absolute Gasteiger partial charge is 0.110 e. The predicted molar refractivity (Wildman–Crippen MR) is 106 cm³/mol. The van der Waals surface area contributed by atoms with Crippen LogP contribution in [0.2, 0.25) is 0 Å². The summed E-state index contributed by atoms with van der Waals surface area (Å²) < 4.78 is 0. The van der Waals surface area contributed by atoms with Gasteiger partial charge in [-0.2, -0.15) is 37.7 Å².